The Bertz CT molecular complexity index is 2690. The Morgan fingerprint density at radius 3 is 2.61 bits per heavy atom. The van der Waals surface area contributed by atoms with Crippen LogP contribution in [-0.2, 0) is 29.0 Å². The van der Waals surface area contributed by atoms with Gasteiger partial charge < -0.3 is 19.4 Å². The van der Waals surface area contributed by atoms with Crippen LogP contribution in [-0.4, -0.2) is 77.0 Å². The van der Waals surface area contributed by atoms with E-state index in [4.69, 9.17) is 14.6 Å². The number of methoxy groups -OCH3 is 1. The van der Waals surface area contributed by atoms with E-state index in [1.54, 1.807) is 65.5 Å². The van der Waals surface area contributed by atoms with Gasteiger partial charge in [0.05, 0.1) is 54.1 Å². The highest BCUT2D eigenvalue weighted by molar-refractivity contribution is 5.98. The summed E-state index contributed by atoms with van der Waals surface area (Å²) in [7, 11) is 1.66. The highest BCUT2D eigenvalue weighted by Gasteiger charge is 2.32. The third-order valence-electron chi connectivity index (χ3n) is 11.4. The number of H-pyrrole nitrogens is 1. The smallest absolute Gasteiger partial charge is 0.338 e. The summed E-state index contributed by atoms with van der Waals surface area (Å²) in [4.78, 5) is 33.8. The molecule has 0 radical (unpaired) electrons. The van der Waals surface area contributed by atoms with Crippen LogP contribution in [0.2, 0.25) is 0 Å². The molecule has 288 valence electrons. The van der Waals surface area contributed by atoms with Gasteiger partial charge >= 0.3 is 5.69 Å². The van der Waals surface area contributed by atoms with Crippen molar-refractivity contribution in [2.45, 2.75) is 71.6 Å². The molecular weight excluding hydrogens is 712 g/mol. The van der Waals surface area contributed by atoms with Crippen LogP contribution in [0.3, 0.4) is 0 Å². The number of nitrogens with zero attached hydrogens (tertiary/aromatic N) is 7. The minimum Gasteiger partial charge on any atom is -0.383 e. The SMILES string of the molecule is COCCn1ncc2cc(-n3ccn(-c4c5c(nn4-c4cc(C)c(F)c(C)c4)CCN(C(=O)c4cc6cc(C7CCOC(C)(C)C7)ccc6[nH]4)C5)c3=O)ccc21. The van der Waals surface area contributed by atoms with E-state index in [1.165, 1.54) is 5.56 Å². The highest BCUT2D eigenvalue weighted by Crippen LogP contribution is 2.37. The maximum atomic E-state index is 14.9. The molecule has 3 aromatic carbocycles. The Morgan fingerprint density at radius 2 is 1.82 bits per heavy atom. The molecule has 1 atom stereocenters. The van der Waals surface area contributed by atoms with E-state index in [1.807, 2.05) is 33.8 Å². The van der Waals surface area contributed by atoms with Crippen molar-refractivity contribution < 1.29 is 18.7 Å². The number of hydrogen-bond donors (Lipinski definition) is 1. The molecule has 7 aromatic rings. The van der Waals surface area contributed by atoms with E-state index in [0.29, 0.717) is 66.0 Å². The predicted molar refractivity (Wildman–Crippen MR) is 212 cm³/mol. The van der Waals surface area contributed by atoms with Crippen molar-refractivity contribution in [3.05, 3.63) is 123 Å². The minimum atomic E-state index is -0.307. The first-order valence-corrected chi connectivity index (χ1v) is 19.2. The molecule has 1 unspecified atom stereocenters. The standard InChI is InChI=1S/C43H45FN8O4/c1-26-18-33(19-27(2)39(26)44)52-40(50-14-13-49(42(50)54)32-7-9-38-31(21-32)24-45-51(38)15-17-55-5)34-25-48(12-10-36(34)47-52)41(53)37-22-30-20-28(6-8-35(30)46-37)29-11-16-56-43(3,4)23-29/h6-9,13-14,18-22,24,29,46H,10-12,15-17,23,25H2,1-5H3. The second-order valence-corrected chi connectivity index (χ2v) is 15.8. The molecule has 6 heterocycles. The van der Waals surface area contributed by atoms with Gasteiger partial charge in [0.2, 0.25) is 0 Å². The molecule has 2 aliphatic heterocycles. The number of carbonyl (C=O) groups excluding carboxylic acids is 1. The number of aromatic nitrogens is 7. The Balaban J connectivity index is 1.08. The number of amides is 1. The summed E-state index contributed by atoms with van der Waals surface area (Å²) in [6.07, 6.45) is 7.64. The van der Waals surface area contributed by atoms with Crippen LogP contribution < -0.4 is 5.69 Å². The van der Waals surface area contributed by atoms with Crippen molar-refractivity contribution in [2.75, 3.05) is 26.9 Å². The molecule has 2 aliphatic rings. The summed E-state index contributed by atoms with van der Waals surface area (Å²) in [5, 5.41) is 11.4. The van der Waals surface area contributed by atoms with E-state index in [9.17, 15) is 14.0 Å². The van der Waals surface area contributed by atoms with Crippen molar-refractivity contribution in [3.8, 4) is 17.2 Å². The fourth-order valence-electron chi connectivity index (χ4n) is 8.53. The molecule has 1 fully saturated rings. The number of fused-ring (bicyclic) bond motifs is 3. The third kappa shape index (κ3) is 6.24. The number of aromatic amines is 1. The summed E-state index contributed by atoms with van der Waals surface area (Å²) in [5.74, 6) is 0.501. The van der Waals surface area contributed by atoms with Gasteiger partial charge in [-0.15, -0.1) is 0 Å². The van der Waals surface area contributed by atoms with Gasteiger partial charge in [-0.2, -0.15) is 10.2 Å². The van der Waals surface area contributed by atoms with Gasteiger partial charge in [-0.1, -0.05) is 6.07 Å². The highest BCUT2D eigenvalue weighted by atomic mass is 19.1. The lowest BCUT2D eigenvalue weighted by atomic mass is 9.83. The summed E-state index contributed by atoms with van der Waals surface area (Å²) in [5.41, 5.74) is 6.96. The molecule has 13 heteroatoms. The Morgan fingerprint density at radius 1 is 1.02 bits per heavy atom. The van der Waals surface area contributed by atoms with E-state index < -0.39 is 0 Å². The van der Waals surface area contributed by atoms with Crippen molar-refractivity contribution in [1.82, 2.24) is 38.6 Å². The number of nitrogens with one attached hydrogen (secondary N) is 1. The minimum absolute atomic E-state index is 0.128. The van der Waals surface area contributed by atoms with Crippen LogP contribution in [0.4, 0.5) is 4.39 Å². The number of rotatable bonds is 8. The molecule has 1 saturated heterocycles. The molecule has 12 nitrogen and oxygen atoms in total. The van der Waals surface area contributed by atoms with Crippen molar-refractivity contribution in [3.63, 3.8) is 0 Å². The number of halogens is 1. The first-order chi connectivity index (χ1) is 27.0. The first kappa shape index (κ1) is 35.9. The van der Waals surface area contributed by atoms with Gasteiger partial charge in [-0.05, 0) is 112 Å². The number of carbonyl (C=O) groups is 1. The largest absolute Gasteiger partial charge is 0.383 e. The van der Waals surface area contributed by atoms with Crippen LogP contribution in [0, 0.1) is 19.7 Å². The van der Waals surface area contributed by atoms with E-state index in [0.717, 1.165) is 52.5 Å². The zero-order valence-electron chi connectivity index (χ0n) is 32.3. The monoisotopic (exact) mass is 756 g/mol. The Kier molecular flexibility index (Phi) is 8.81. The molecule has 1 amide bonds. The number of aryl methyl sites for hydroxylation is 2. The topological polar surface area (TPSA) is 117 Å². The molecule has 4 aromatic heterocycles. The predicted octanol–water partition coefficient (Wildman–Crippen LogP) is 6.92. The molecule has 56 heavy (non-hydrogen) atoms. The summed E-state index contributed by atoms with van der Waals surface area (Å²) in [6, 6.07) is 17.6. The lowest BCUT2D eigenvalue weighted by Crippen LogP contribution is -2.36. The first-order valence-electron chi connectivity index (χ1n) is 19.2. The number of ether oxygens (including phenoxy) is 2. The fraction of sp³-hybridized carbons (Fsp3) is 0.349. The van der Waals surface area contributed by atoms with Crippen LogP contribution in [0.25, 0.3) is 39.0 Å². The van der Waals surface area contributed by atoms with E-state index in [-0.39, 0.29) is 29.6 Å². The van der Waals surface area contributed by atoms with Gasteiger partial charge in [0.1, 0.15) is 17.3 Å². The molecule has 1 N–H and O–H groups in total. The Hall–Kier alpha value is -5.79. The zero-order valence-corrected chi connectivity index (χ0v) is 32.3. The number of benzene rings is 3. The second kappa shape index (κ2) is 13.7. The second-order valence-electron chi connectivity index (χ2n) is 15.8. The van der Waals surface area contributed by atoms with Gasteiger partial charge in [0, 0.05) is 60.9 Å². The molecule has 0 spiro atoms. The zero-order chi connectivity index (χ0) is 38.9. The van der Waals surface area contributed by atoms with Crippen LogP contribution in [0.1, 0.15) is 71.0 Å². The van der Waals surface area contributed by atoms with Crippen LogP contribution in [0.5, 0.6) is 0 Å². The fourth-order valence-corrected chi connectivity index (χ4v) is 8.53. The van der Waals surface area contributed by atoms with Crippen LogP contribution >= 0.6 is 0 Å². The van der Waals surface area contributed by atoms with Gasteiger partial charge in [-0.3, -0.25) is 18.6 Å². The van der Waals surface area contributed by atoms with Crippen molar-refractivity contribution >= 4 is 27.7 Å². The summed E-state index contributed by atoms with van der Waals surface area (Å²) < 4.78 is 32.8. The lowest BCUT2D eigenvalue weighted by molar-refractivity contribution is -0.0592. The van der Waals surface area contributed by atoms with E-state index >= 15 is 0 Å². The maximum absolute atomic E-state index is 14.9. The van der Waals surface area contributed by atoms with E-state index in [2.05, 4.69) is 42.1 Å². The average Bonchev–Trinajstić information content (AvgIpc) is 3.98. The number of hydrogen-bond acceptors (Lipinski definition) is 6. The van der Waals surface area contributed by atoms with Gasteiger partial charge in [-0.25, -0.2) is 13.9 Å². The molecule has 0 saturated carbocycles. The van der Waals surface area contributed by atoms with Gasteiger partial charge in [0.25, 0.3) is 5.91 Å². The summed E-state index contributed by atoms with van der Waals surface area (Å²) in [6.45, 7) is 10.3. The maximum Gasteiger partial charge on any atom is 0.338 e. The quantitative estimate of drug-likeness (QED) is 0.180. The third-order valence-corrected chi connectivity index (χ3v) is 11.4. The normalized spacial score (nSPS) is 16.9. The number of imidazole rings is 1. The lowest BCUT2D eigenvalue weighted by Gasteiger charge is -2.35. The molecule has 9 rings (SSSR count). The Labute approximate surface area is 323 Å². The van der Waals surface area contributed by atoms with Crippen molar-refractivity contribution in [1.29, 1.82) is 0 Å². The molecule has 0 aliphatic carbocycles. The van der Waals surface area contributed by atoms with Crippen molar-refractivity contribution in [2.24, 2.45) is 0 Å². The molecular formula is C43H45FN8O4. The molecule has 0 bridgehead atoms. The van der Waals surface area contributed by atoms with Crippen LogP contribution in [0.15, 0.2) is 78.0 Å². The van der Waals surface area contributed by atoms with Gasteiger partial charge in [0.15, 0.2) is 0 Å². The average molecular weight is 757 g/mol. The summed E-state index contributed by atoms with van der Waals surface area (Å²) >= 11 is 0.